The van der Waals surface area contributed by atoms with E-state index in [0.29, 0.717) is 23.8 Å². The van der Waals surface area contributed by atoms with Crippen LogP contribution in [0.4, 0.5) is 0 Å². The molecule has 1 heterocycles. The first-order valence-corrected chi connectivity index (χ1v) is 11.1. The predicted molar refractivity (Wildman–Crippen MR) is 112 cm³/mol. The second kappa shape index (κ2) is 6.87. The molecule has 0 aliphatic heterocycles. The highest BCUT2D eigenvalue weighted by Gasteiger charge is 2.60. The first-order valence-electron chi connectivity index (χ1n) is 11.1. The van der Waals surface area contributed by atoms with Gasteiger partial charge >= 0.3 is 0 Å². The summed E-state index contributed by atoms with van der Waals surface area (Å²) < 4.78 is 0. The molecule has 4 aliphatic rings. The van der Waals surface area contributed by atoms with Gasteiger partial charge in [0.05, 0.1) is 11.1 Å². The van der Waals surface area contributed by atoms with Crippen molar-refractivity contribution in [2.45, 2.75) is 81.9 Å². The number of aromatic nitrogens is 4. The molecule has 2 atom stereocenters. The summed E-state index contributed by atoms with van der Waals surface area (Å²) in [6, 6.07) is 7.82. The summed E-state index contributed by atoms with van der Waals surface area (Å²) in [5, 5.41) is 25.9. The third kappa shape index (κ3) is 3.64. The van der Waals surface area contributed by atoms with Crippen molar-refractivity contribution >= 4 is 5.91 Å². The van der Waals surface area contributed by atoms with Crippen LogP contribution in [0.25, 0.3) is 0 Å². The maximum absolute atomic E-state index is 13.1. The minimum atomic E-state index is -0.677. The first-order chi connectivity index (χ1) is 14.2. The van der Waals surface area contributed by atoms with Gasteiger partial charge in [0.2, 0.25) is 0 Å². The topological polar surface area (TPSA) is 92.9 Å². The highest BCUT2D eigenvalue weighted by Crippen LogP contribution is 2.60. The molecular weight excluding hydrogens is 378 g/mol. The third-order valence-corrected chi connectivity index (χ3v) is 7.42. The van der Waals surface area contributed by atoms with E-state index in [0.717, 1.165) is 44.1 Å². The molecule has 160 valence electrons. The minimum Gasteiger partial charge on any atom is -0.390 e. The zero-order valence-corrected chi connectivity index (χ0v) is 17.8. The maximum atomic E-state index is 13.1. The molecule has 4 saturated carbocycles. The van der Waals surface area contributed by atoms with Crippen molar-refractivity contribution in [3.05, 3.63) is 41.7 Å². The molecule has 0 radical (unpaired) electrons. The number of carbonyl (C=O) groups excluding carboxylic acids is 1. The summed E-state index contributed by atoms with van der Waals surface area (Å²) in [6.07, 6.45) is 9.44. The van der Waals surface area contributed by atoms with Gasteiger partial charge in [-0.2, -0.15) is 4.80 Å². The normalized spacial score (nSPS) is 32.4. The Balaban J connectivity index is 1.31. The molecule has 1 aromatic heterocycles. The van der Waals surface area contributed by atoms with Gasteiger partial charge in [0.1, 0.15) is 0 Å². The van der Waals surface area contributed by atoms with E-state index in [1.165, 1.54) is 12.7 Å². The summed E-state index contributed by atoms with van der Waals surface area (Å²) in [7, 11) is 0. The fourth-order valence-electron chi connectivity index (χ4n) is 6.56. The molecule has 7 heteroatoms. The second-order valence-corrected chi connectivity index (χ2v) is 10.7. The molecular formula is C23H31N5O2. The smallest absolute Gasteiger partial charge is 0.251 e. The zero-order chi connectivity index (χ0) is 21.0. The Morgan fingerprint density at radius 1 is 1.20 bits per heavy atom. The molecule has 4 bridgehead atoms. The number of aryl methyl sites for hydroxylation is 1. The van der Waals surface area contributed by atoms with E-state index in [9.17, 15) is 9.90 Å². The van der Waals surface area contributed by atoms with E-state index in [1.807, 2.05) is 42.9 Å². The Hall–Kier alpha value is -2.28. The molecule has 7 nitrogen and oxygen atoms in total. The number of rotatable bonds is 6. The molecule has 30 heavy (non-hydrogen) atoms. The molecule has 1 amide bonds. The number of nitrogens with one attached hydrogen (secondary N) is 1. The molecule has 1 aromatic carbocycles. The summed E-state index contributed by atoms with van der Waals surface area (Å²) in [5.41, 5.74) is 0.887. The average Bonchev–Trinajstić information content (AvgIpc) is 3.20. The number of benzene rings is 1. The molecule has 0 spiro atoms. The molecule has 2 N–H and O–H groups in total. The number of hydrogen-bond acceptors (Lipinski definition) is 5. The molecule has 6 rings (SSSR count). The second-order valence-electron chi connectivity index (χ2n) is 10.7. The van der Waals surface area contributed by atoms with Crippen LogP contribution in [0.5, 0.6) is 0 Å². The average molecular weight is 410 g/mol. The summed E-state index contributed by atoms with van der Waals surface area (Å²) in [4.78, 5) is 15.0. The van der Waals surface area contributed by atoms with Gasteiger partial charge in [0.15, 0.2) is 6.33 Å². The number of carbonyl (C=O) groups is 1. The SMILES string of the molecule is CC(C)(O)CCc1ccc(C(=O)NC23CC4CC(C2)CC(n2ncnn2)(C4)C3)cc1. The van der Waals surface area contributed by atoms with Crippen molar-refractivity contribution in [3.63, 3.8) is 0 Å². The summed E-state index contributed by atoms with van der Waals surface area (Å²) >= 11 is 0. The molecule has 0 saturated heterocycles. The molecule has 4 fully saturated rings. The van der Waals surface area contributed by atoms with Crippen LogP contribution in [0.1, 0.15) is 74.7 Å². The number of hydrogen-bond donors (Lipinski definition) is 2. The monoisotopic (exact) mass is 409 g/mol. The Morgan fingerprint density at radius 3 is 2.50 bits per heavy atom. The van der Waals surface area contributed by atoms with E-state index in [-0.39, 0.29) is 17.0 Å². The van der Waals surface area contributed by atoms with Crippen molar-refractivity contribution in [2.24, 2.45) is 11.8 Å². The first kappa shape index (κ1) is 19.7. The third-order valence-electron chi connectivity index (χ3n) is 7.42. The number of nitrogens with zero attached hydrogens (tertiary/aromatic N) is 4. The van der Waals surface area contributed by atoms with Crippen molar-refractivity contribution in [2.75, 3.05) is 0 Å². The van der Waals surface area contributed by atoms with E-state index in [4.69, 9.17) is 0 Å². The van der Waals surface area contributed by atoms with Crippen LogP contribution in [-0.2, 0) is 12.0 Å². The lowest BCUT2D eigenvalue weighted by Gasteiger charge is -2.61. The van der Waals surface area contributed by atoms with Crippen molar-refractivity contribution in [3.8, 4) is 0 Å². The van der Waals surface area contributed by atoms with E-state index in [2.05, 4.69) is 20.7 Å². The Morgan fingerprint density at radius 2 is 1.90 bits per heavy atom. The fraction of sp³-hybridized carbons (Fsp3) is 0.652. The zero-order valence-electron chi connectivity index (χ0n) is 17.8. The lowest BCUT2D eigenvalue weighted by Crippen LogP contribution is -2.66. The number of aliphatic hydroxyl groups is 1. The van der Waals surface area contributed by atoms with Gasteiger partial charge in [-0.25, -0.2) is 0 Å². The lowest BCUT2D eigenvalue weighted by molar-refractivity contribution is -0.0810. The van der Waals surface area contributed by atoms with Gasteiger partial charge < -0.3 is 10.4 Å². The Bertz CT molecular complexity index is 902. The van der Waals surface area contributed by atoms with Crippen LogP contribution >= 0.6 is 0 Å². The van der Waals surface area contributed by atoms with Gasteiger partial charge in [0, 0.05) is 11.1 Å². The Labute approximate surface area is 177 Å². The van der Waals surface area contributed by atoms with Gasteiger partial charge in [-0.3, -0.25) is 4.79 Å². The lowest BCUT2D eigenvalue weighted by atomic mass is 9.50. The van der Waals surface area contributed by atoms with Crippen LogP contribution in [0.2, 0.25) is 0 Å². The van der Waals surface area contributed by atoms with E-state index >= 15 is 0 Å². The van der Waals surface area contributed by atoms with Crippen LogP contribution in [0, 0.1) is 11.8 Å². The van der Waals surface area contributed by atoms with Crippen LogP contribution in [-0.4, -0.2) is 42.4 Å². The highest BCUT2D eigenvalue weighted by molar-refractivity contribution is 5.94. The molecule has 2 aromatic rings. The fourth-order valence-corrected chi connectivity index (χ4v) is 6.56. The maximum Gasteiger partial charge on any atom is 0.251 e. The van der Waals surface area contributed by atoms with Crippen LogP contribution in [0.15, 0.2) is 30.6 Å². The summed E-state index contributed by atoms with van der Waals surface area (Å²) in [5.74, 6) is 1.23. The largest absolute Gasteiger partial charge is 0.390 e. The van der Waals surface area contributed by atoms with Crippen molar-refractivity contribution < 1.29 is 9.90 Å². The number of amides is 1. The Kier molecular flexibility index (Phi) is 4.51. The predicted octanol–water partition coefficient (Wildman–Crippen LogP) is 2.85. The van der Waals surface area contributed by atoms with Crippen LogP contribution < -0.4 is 5.32 Å². The van der Waals surface area contributed by atoms with Gasteiger partial charge in [-0.15, -0.1) is 10.2 Å². The van der Waals surface area contributed by atoms with Gasteiger partial charge in [-0.1, -0.05) is 12.1 Å². The van der Waals surface area contributed by atoms with Gasteiger partial charge in [-0.05, 0) is 100.0 Å². The molecule has 2 unspecified atom stereocenters. The standard InChI is InChI=1S/C23H31N5O2/c1-21(2,30)8-7-16-3-5-19(6-4-16)20(29)26-22-10-17-9-18(11-22)13-23(12-17,14-22)28-25-15-24-27-28/h3-6,15,17-18,30H,7-14H2,1-2H3,(H,26,29). The number of tetrazole rings is 1. The van der Waals surface area contributed by atoms with Crippen molar-refractivity contribution in [1.29, 1.82) is 0 Å². The van der Waals surface area contributed by atoms with Crippen LogP contribution in [0.3, 0.4) is 0 Å². The van der Waals surface area contributed by atoms with E-state index < -0.39 is 5.60 Å². The molecule has 4 aliphatic carbocycles. The van der Waals surface area contributed by atoms with E-state index in [1.54, 1.807) is 0 Å². The summed E-state index contributed by atoms with van der Waals surface area (Å²) in [6.45, 7) is 3.64. The quantitative estimate of drug-likeness (QED) is 0.765. The minimum absolute atomic E-state index is 0.00712. The van der Waals surface area contributed by atoms with Crippen molar-refractivity contribution in [1.82, 2.24) is 25.5 Å². The highest BCUT2D eigenvalue weighted by atomic mass is 16.3. The van der Waals surface area contributed by atoms with Gasteiger partial charge in [0.25, 0.3) is 5.91 Å².